The number of carbonyl (C=O) groups is 1. The van der Waals surface area contributed by atoms with E-state index in [0.29, 0.717) is 28.4 Å². The summed E-state index contributed by atoms with van der Waals surface area (Å²) in [4.78, 5) is 12.7. The SMILES string of the molecule is CCn1c(NC(=O)c2c(Cl)ccc(Cl)c2Cl)nnc1SCc1ccccc1Cl. The Kier molecular flexibility index (Phi) is 7.12. The topological polar surface area (TPSA) is 59.8 Å². The highest BCUT2D eigenvalue weighted by molar-refractivity contribution is 7.98. The monoisotopic (exact) mass is 474 g/mol. The Labute approximate surface area is 186 Å². The van der Waals surface area contributed by atoms with Crippen LogP contribution < -0.4 is 5.32 Å². The number of rotatable bonds is 6. The van der Waals surface area contributed by atoms with Gasteiger partial charge in [0.25, 0.3) is 5.91 Å². The summed E-state index contributed by atoms with van der Waals surface area (Å²) in [5, 5.41) is 12.8. The van der Waals surface area contributed by atoms with Crippen molar-refractivity contribution in [3.05, 3.63) is 67.6 Å². The minimum absolute atomic E-state index is 0.0857. The van der Waals surface area contributed by atoms with Crippen LogP contribution in [0.5, 0.6) is 0 Å². The quantitative estimate of drug-likeness (QED) is 0.328. The van der Waals surface area contributed by atoms with Gasteiger partial charge in [-0.3, -0.25) is 14.7 Å². The van der Waals surface area contributed by atoms with Crippen LogP contribution in [-0.4, -0.2) is 20.7 Å². The zero-order valence-electron chi connectivity index (χ0n) is 14.5. The van der Waals surface area contributed by atoms with Crippen molar-refractivity contribution < 1.29 is 4.79 Å². The lowest BCUT2D eigenvalue weighted by Gasteiger charge is -2.11. The largest absolute Gasteiger partial charge is 0.290 e. The van der Waals surface area contributed by atoms with Gasteiger partial charge < -0.3 is 0 Å². The van der Waals surface area contributed by atoms with Crippen LogP contribution in [0.1, 0.15) is 22.8 Å². The second-order valence-electron chi connectivity index (χ2n) is 5.60. The maximum Gasteiger partial charge on any atom is 0.261 e. The highest BCUT2D eigenvalue weighted by Crippen LogP contribution is 2.32. The van der Waals surface area contributed by atoms with Crippen LogP contribution in [0, 0.1) is 0 Å². The molecular formula is C18H14Cl4N4OS. The predicted octanol–water partition coefficient (Wildman–Crippen LogP) is 6.46. The second kappa shape index (κ2) is 9.37. The van der Waals surface area contributed by atoms with E-state index in [1.807, 2.05) is 31.2 Å². The van der Waals surface area contributed by atoms with Gasteiger partial charge in [0.1, 0.15) is 0 Å². The van der Waals surface area contributed by atoms with Crippen molar-refractivity contribution in [1.29, 1.82) is 0 Å². The molecule has 1 aromatic heterocycles. The molecule has 0 unspecified atom stereocenters. The van der Waals surface area contributed by atoms with Gasteiger partial charge >= 0.3 is 0 Å². The standard InChI is InChI=1S/C18H14Cl4N4OS/c1-2-26-17(23-16(27)14-12(20)7-8-13(21)15(14)22)24-25-18(26)28-9-10-5-3-4-6-11(10)19/h3-8H,2,9H2,1H3,(H,23,24,27). The molecule has 1 heterocycles. The molecule has 3 rings (SSSR count). The maximum absolute atomic E-state index is 12.7. The van der Waals surface area contributed by atoms with Gasteiger partial charge in [-0.2, -0.15) is 0 Å². The number of anilines is 1. The summed E-state index contributed by atoms with van der Waals surface area (Å²) in [7, 11) is 0. The number of amides is 1. The van der Waals surface area contributed by atoms with Crippen molar-refractivity contribution in [3.63, 3.8) is 0 Å². The molecule has 0 aliphatic rings. The highest BCUT2D eigenvalue weighted by atomic mass is 35.5. The molecule has 0 aliphatic carbocycles. The average Bonchev–Trinajstić information content (AvgIpc) is 3.06. The van der Waals surface area contributed by atoms with Crippen molar-refractivity contribution in [3.8, 4) is 0 Å². The van der Waals surface area contributed by atoms with Crippen molar-refractivity contribution in [1.82, 2.24) is 14.8 Å². The molecule has 0 fully saturated rings. The molecule has 10 heteroatoms. The normalized spacial score (nSPS) is 10.9. The molecule has 0 bridgehead atoms. The summed E-state index contributed by atoms with van der Waals surface area (Å²) in [6, 6.07) is 10.6. The summed E-state index contributed by atoms with van der Waals surface area (Å²) in [6.07, 6.45) is 0. The second-order valence-corrected chi connectivity index (χ2v) is 8.14. The number of benzene rings is 2. The molecule has 28 heavy (non-hydrogen) atoms. The molecule has 0 aliphatic heterocycles. The summed E-state index contributed by atoms with van der Waals surface area (Å²) in [6.45, 7) is 2.49. The highest BCUT2D eigenvalue weighted by Gasteiger charge is 2.20. The number of thioether (sulfide) groups is 1. The molecule has 3 aromatic rings. The van der Waals surface area contributed by atoms with Crippen molar-refractivity contribution in [2.45, 2.75) is 24.4 Å². The van der Waals surface area contributed by atoms with E-state index in [1.54, 1.807) is 4.57 Å². The number of carbonyl (C=O) groups excluding carboxylic acids is 1. The summed E-state index contributed by atoms with van der Waals surface area (Å²) >= 11 is 25.9. The van der Waals surface area contributed by atoms with Crippen LogP contribution in [0.4, 0.5) is 5.95 Å². The lowest BCUT2D eigenvalue weighted by molar-refractivity contribution is 0.102. The number of aromatic nitrogens is 3. The van der Waals surface area contributed by atoms with E-state index in [9.17, 15) is 4.79 Å². The maximum atomic E-state index is 12.7. The van der Waals surface area contributed by atoms with Gasteiger partial charge in [0, 0.05) is 17.3 Å². The molecule has 2 aromatic carbocycles. The van der Waals surface area contributed by atoms with Crippen molar-refractivity contribution >= 4 is 70.0 Å². The lowest BCUT2D eigenvalue weighted by Crippen LogP contribution is -2.17. The fourth-order valence-corrected chi connectivity index (χ4v) is 4.42. The molecule has 146 valence electrons. The first-order chi connectivity index (χ1) is 13.4. The van der Waals surface area contributed by atoms with Crippen LogP contribution in [-0.2, 0) is 12.3 Å². The zero-order chi connectivity index (χ0) is 20.3. The van der Waals surface area contributed by atoms with E-state index in [2.05, 4.69) is 15.5 Å². The molecule has 0 saturated heterocycles. The van der Waals surface area contributed by atoms with Gasteiger partial charge in [-0.05, 0) is 30.7 Å². The number of nitrogens with one attached hydrogen (secondary N) is 1. The number of hydrogen-bond acceptors (Lipinski definition) is 4. The number of hydrogen-bond donors (Lipinski definition) is 1. The van der Waals surface area contributed by atoms with E-state index < -0.39 is 5.91 Å². The molecule has 1 N–H and O–H groups in total. The Morgan fingerprint density at radius 2 is 1.75 bits per heavy atom. The van der Waals surface area contributed by atoms with Gasteiger partial charge in [0.2, 0.25) is 5.95 Å². The number of halogens is 4. The van der Waals surface area contributed by atoms with E-state index in [1.165, 1.54) is 23.9 Å². The number of nitrogens with zero attached hydrogens (tertiary/aromatic N) is 3. The van der Waals surface area contributed by atoms with Gasteiger partial charge in [-0.25, -0.2) is 0 Å². The Morgan fingerprint density at radius 3 is 2.46 bits per heavy atom. The van der Waals surface area contributed by atoms with Gasteiger partial charge in [-0.15, -0.1) is 10.2 Å². The minimum atomic E-state index is -0.512. The Bertz CT molecular complexity index is 1020. The van der Waals surface area contributed by atoms with E-state index >= 15 is 0 Å². The third kappa shape index (κ3) is 4.58. The average molecular weight is 476 g/mol. The smallest absolute Gasteiger partial charge is 0.261 e. The first kappa shape index (κ1) is 21.3. The Hall–Kier alpha value is -1.44. The van der Waals surface area contributed by atoms with Gasteiger partial charge in [-0.1, -0.05) is 76.4 Å². The van der Waals surface area contributed by atoms with E-state index in [0.717, 1.165) is 5.56 Å². The van der Waals surface area contributed by atoms with Crippen LogP contribution in [0.15, 0.2) is 41.6 Å². The van der Waals surface area contributed by atoms with Crippen LogP contribution in [0.25, 0.3) is 0 Å². The molecule has 1 amide bonds. The zero-order valence-corrected chi connectivity index (χ0v) is 18.4. The van der Waals surface area contributed by atoms with E-state index in [4.69, 9.17) is 46.4 Å². The third-order valence-electron chi connectivity index (χ3n) is 3.84. The Balaban J connectivity index is 1.80. The Morgan fingerprint density at radius 1 is 1.04 bits per heavy atom. The molecule has 0 spiro atoms. The molecule has 5 nitrogen and oxygen atoms in total. The summed E-state index contributed by atoms with van der Waals surface area (Å²) in [5.41, 5.74) is 1.08. The van der Waals surface area contributed by atoms with Crippen molar-refractivity contribution in [2.24, 2.45) is 0 Å². The molecule has 0 saturated carbocycles. The van der Waals surface area contributed by atoms with E-state index in [-0.39, 0.29) is 20.6 Å². The fourth-order valence-electron chi connectivity index (χ4n) is 2.43. The molecule has 0 atom stereocenters. The predicted molar refractivity (Wildman–Crippen MR) is 116 cm³/mol. The van der Waals surface area contributed by atoms with Gasteiger partial charge in [0.05, 0.1) is 20.6 Å². The van der Waals surface area contributed by atoms with Crippen LogP contribution >= 0.6 is 58.2 Å². The lowest BCUT2D eigenvalue weighted by atomic mass is 10.2. The molecular weight excluding hydrogens is 462 g/mol. The first-order valence-corrected chi connectivity index (χ1v) is 10.7. The van der Waals surface area contributed by atoms with Gasteiger partial charge in [0.15, 0.2) is 5.16 Å². The third-order valence-corrected chi connectivity index (χ3v) is 6.35. The summed E-state index contributed by atoms with van der Waals surface area (Å²) in [5.74, 6) is 0.404. The van der Waals surface area contributed by atoms with Crippen LogP contribution in [0.3, 0.4) is 0 Å². The minimum Gasteiger partial charge on any atom is -0.290 e. The fraction of sp³-hybridized carbons (Fsp3) is 0.167. The molecule has 0 radical (unpaired) electrons. The summed E-state index contributed by atoms with van der Waals surface area (Å²) < 4.78 is 1.78. The van der Waals surface area contributed by atoms with Crippen LogP contribution in [0.2, 0.25) is 20.1 Å². The first-order valence-electron chi connectivity index (χ1n) is 8.16. The van der Waals surface area contributed by atoms with Crippen molar-refractivity contribution in [2.75, 3.05) is 5.32 Å².